The van der Waals surface area contributed by atoms with Gasteiger partial charge in [-0.05, 0) is 62.1 Å². The Morgan fingerprint density at radius 2 is 1.62 bits per heavy atom. The van der Waals surface area contributed by atoms with Crippen LogP contribution < -0.4 is 0 Å². The fourth-order valence-corrected chi connectivity index (χ4v) is 4.80. The summed E-state index contributed by atoms with van der Waals surface area (Å²) < 4.78 is 20.4. The van der Waals surface area contributed by atoms with E-state index in [1.165, 1.54) is 57.1 Å². The molecule has 0 N–H and O–H groups in total. The van der Waals surface area contributed by atoms with Crippen molar-refractivity contribution in [1.29, 1.82) is 0 Å². The molecule has 1 aromatic heterocycles. The number of aromatic nitrogens is 2. The molecule has 0 aliphatic heterocycles. The second kappa shape index (κ2) is 14.2. The highest BCUT2D eigenvalue weighted by atomic mass is 19.1. The van der Waals surface area contributed by atoms with Gasteiger partial charge in [0, 0.05) is 18.0 Å². The summed E-state index contributed by atoms with van der Waals surface area (Å²) in [6.45, 7) is 4.39. The fourth-order valence-electron chi connectivity index (χ4n) is 4.80. The smallest absolute Gasteiger partial charge is 0.341 e. The van der Waals surface area contributed by atoms with Gasteiger partial charge < -0.3 is 4.74 Å². The van der Waals surface area contributed by atoms with Crippen LogP contribution in [0.3, 0.4) is 0 Å². The van der Waals surface area contributed by atoms with Gasteiger partial charge in [0.25, 0.3) is 0 Å². The van der Waals surface area contributed by atoms with Crippen molar-refractivity contribution in [1.82, 2.24) is 9.97 Å². The maximum absolute atomic E-state index is 14.7. The highest BCUT2D eigenvalue weighted by Crippen LogP contribution is 2.31. The van der Waals surface area contributed by atoms with E-state index in [4.69, 9.17) is 4.74 Å². The number of carbonyl (C=O) groups is 1. The maximum Gasteiger partial charge on any atom is 0.341 e. The quantitative estimate of drug-likeness (QED) is 0.220. The molecule has 0 atom stereocenters. The summed E-state index contributed by atoms with van der Waals surface area (Å²) in [4.78, 5) is 21.3. The van der Waals surface area contributed by atoms with Crippen LogP contribution in [-0.2, 0) is 11.2 Å². The lowest BCUT2D eigenvalue weighted by atomic mass is 9.84. The number of ether oxygens (including phenoxy) is 1. The third-order valence-corrected chi connectivity index (χ3v) is 7.00. The monoisotopic (exact) mass is 468 g/mol. The number of carbonyl (C=O) groups excluding carboxylic acids is 1. The summed E-state index contributed by atoms with van der Waals surface area (Å²) in [6, 6.07) is 4.51. The molecule has 0 unspecified atom stereocenters. The molecule has 34 heavy (non-hydrogen) atoms. The Bertz CT molecular complexity index is 876. The van der Waals surface area contributed by atoms with Gasteiger partial charge in [0.05, 0.1) is 5.56 Å². The van der Waals surface area contributed by atoms with Gasteiger partial charge in [0.15, 0.2) is 5.82 Å². The van der Waals surface area contributed by atoms with E-state index in [0.29, 0.717) is 11.4 Å². The van der Waals surface area contributed by atoms with E-state index in [1.54, 1.807) is 18.5 Å². The number of rotatable bonds is 13. The first-order chi connectivity index (χ1) is 16.6. The minimum atomic E-state index is -0.585. The lowest BCUT2D eigenvalue weighted by Crippen LogP contribution is -2.25. The topological polar surface area (TPSA) is 52.1 Å². The number of hydrogen-bond acceptors (Lipinski definition) is 4. The van der Waals surface area contributed by atoms with Gasteiger partial charge in [-0.2, -0.15) is 0 Å². The Morgan fingerprint density at radius 3 is 2.29 bits per heavy atom. The highest BCUT2D eigenvalue weighted by Gasteiger charge is 2.25. The van der Waals surface area contributed by atoms with Crippen molar-refractivity contribution in [2.45, 2.75) is 110 Å². The zero-order valence-electron chi connectivity index (χ0n) is 21.0. The van der Waals surface area contributed by atoms with Crippen molar-refractivity contribution < 1.29 is 13.9 Å². The van der Waals surface area contributed by atoms with Crippen LogP contribution in [0.4, 0.5) is 4.39 Å². The van der Waals surface area contributed by atoms with Crippen molar-refractivity contribution in [2.24, 2.45) is 5.92 Å². The number of aryl methyl sites for hydroxylation is 1. The Balaban J connectivity index is 1.45. The van der Waals surface area contributed by atoms with Crippen molar-refractivity contribution in [2.75, 3.05) is 0 Å². The van der Waals surface area contributed by atoms with E-state index < -0.39 is 11.8 Å². The minimum absolute atomic E-state index is 0.0162. The number of nitrogens with zero attached hydrogens (tertiary/aromatic N) is 2. The third kappa shape index (κ3) is 8.18. The summed E-state index contributed by atoms with van der Waals surface area (Å²) in [7, 11) is 0. The average molecular weight is 469 g/mol. The van der Waals surface area contributed by atoms with Crippen LogP contribution in [0.5, 0.6) is 0 Å². The molecule has 1 aliphatic rings. The fraction of sp³-hybridized carbons (Fsp3) is 0.621. The van der Waals surface area contributed by atoms with Gasteiger partial charge in [-0.3, -0.25) is 0 Å². The molecule has 0 radical (unpaired) electrons. The second-order valence-corrected chi connectivity index (χ2v) is 9.82. The van der Waals surface area contributed by atoms with Crippen molar-refractivity contribution in [3.8, 4) is 11.4 Å². The Labute approximate surface area is 204 Å². The Morgan fingerprint density at radius 1 is 0.941 bits per heavy atom. The number of esters is 1. The van der Waals surface area contributed by atoms with E-state index >= 15 is 0 Å². The Kier molecular flexibility index (Phi) is 11.0. The van der Waals surface area contributed by atoms with Crippen molar-refractivity contribution in [3.05, 3.63) is 47.5 Å². The number of hydrogen-bond donors (Lipinski definition) is 0. The average Bonchev–Trinajstić information content (AvgIpc) is 2.86. The number of benzene rings is 1. The molecule has 1 heterocycles. The molecule has 0 amide bonds. The van der Waals surface area contributed by atoms with Crippen LogP contribution in [0.25, 0.3) is 11.4 Å². The van der Waals surface area contributed by atoms with Gasteiger partial charge in [-0.25, -0.2) is 19.2 Å². The van der Waals surface area contributed by atoms with Crippen LogP contribution in [0.2, 0.25) is 0 Å². The Hall–Kier alpha value is -2.30. The SMILES string of the molecule is CCCCCCCCC1CCC(OC(=O)c2ccc(-c3ncc(CCCC)cn3)cc2F)CC1. The molecule has 1 saturated carbocycles. The van der Waals surface area contributed by atoms with E-state index in [9.17, 15) is 9.18 Å². The largest absolute Gasteiger partial charge is 0.459 e. The predicted octanol–water partition coefficient (Wildman–Crippen LogP) is 8.09. The summed E-state index contributed by atoms with van der Waals surface area (Å²) in [5, 5.41) is 0. The van der Waals surface area contributed by atoms with Gasteiger partial charge in [0.1, 0.15) is 11.9 Å². The first-order valence-electron chi connectivity index (χ1n) is 13.4. The third-order valence-electron chi connectivity index (χ3n) is 7.00. The molecule has 0 saturated heterocycles. The van der Waals surface area contributed by atoms with Gasteiger partial charge in [0.2, 0.25) is 0 Å². The van der Waals surface area contributed by atoms with Crippen LogP contribution >= 0.6 is 0 Å². The van der Waals surface area contributed by atoms with Gasteiger partial charge >= 0.3 is 5.97 Å². The molecule has 2 aromatic rings. The van der Waals surface area contributed by atoms with E-state index in [1.807, 2.05) is 0 Å². The van der Waals surface area contributed by atoms with Crippen LogP contribution in [0.15, 0.2) is 30.6 Å². The highest BCUT2D eigenvalue weighted by molar-refractivity contribution is 5.90. The number of halogens is 1. The van der Waals surface area contributed by atoms with Crippen LogP contribution in [-0.4, -0.2) is 22.0 Å². The lowest BCUT2D eigenvalue weighted by molar-refractivity contribution is 0.0156. The summed E-state index contributed by atoms with van der Waals surface area (Å²) >= 11 is 0. The molecule has 1 aliphatic carbocycles. The van der Waals surface area contributed by atoms with E-state index in [0.717, 1.165) is 56.4 Å². The molecular weight excluding hydrogens is 427 g/mol. The van der Waals surface area contributed by atoms with E-state index in [2.05, 4.69) is 23.8 Å². The molecule has 186 valence electrons. The molecule has 1 aromatic carbocycles. The molecule has 4 nitrogen and oxygen atoms in total. The van der Waals surface area contributed by atoms with Gasteiger partial charge in [-0.1, -0.05) is 71.3 Å². The van der Waals surface area contributed by atoms with Crippen molar-refractivity contribution in [3.63, 3.8) is 0 Å². The minimum Gasteiger partial charge on any atom is -0.459 e. The molecular formula is C29H41FN2O2. The summed E-state index contributed by atoms with van der Waals surface area (Å²) in [5.74, 6) is 0.0467. The predicted molar refractivity (Wildman–Crippen MR) is 135 cm³/mol. The second-order valence-electron chi connectivity index (χ2n) is 9.82. The zero-order valence-corrected chi connectivity index (χ0v) is 21.0. The first-order valence-corrected chi connectivity index (χ1v) is 13.4. The molecule has 1 fully saturated rings. The molecule has 3 rings (SSSR count). The standard InChI is InChI=1S/C29H41FN2O2/c1-3-5-7-8-9-10-12-22-13-16-25(17-14-22)34-29(33)26-18-15-24(19-27(26)30)28-31-20-23(21-32-28)11-6-4-2/h15,18-22,25H,3-14,16-17H2,1-2H3. The molecule has 0 bridgehead atoms. The maximum atomic E-state index is 14.7. The lowest BCUT2D eigenvalue weighted by Gasteiger charge is -2.28. The van der Waals surface area contributed by atoms with Crippen LogP contribution in [0.1, 0.15) is 113 Å². The molecule has 5 heteroatoms. The summed E-state index contributed by atoms with van der Waals surface area (Å²) in [5.41, 5.74) is 1.62. The van der Waals surface area contributed by atoms with Crippen molar-refractivity contribution >= 4 is 5.97 Å². The number of unbranched alkanes of at least 4 members (excludes halogenated alkanes) is 6. The van der Waals surface area contributed by atoms with Crippen LogP contribution in [0, 0.1) is 11.7 Å². The molecule has 0 spiro atoms. The first kappa shape index (κ1) is 26.3. The zero-order chi connectivity index (χ0) is 24.2. The normalized spacial score (nSPS) is 18.1. The van der Waals surface area contributed by atoms with E-state index in [-0.39, 0.29) is 11.7 Å². The van der Waals surface area contributed by atoms with Gasteiger partial charge in [-0.15, -0.1) is 0 Å². The summed E-state index contributed by atoms with van der Waals surface area (Å²) in [6.07, 6.45) is 19.8.